The summed E-state index contributed by atoms with van der Waals surface area (Å²) >= 11 is 2.28. The Morgan fingerprint density at radius 2 is 1.22 bits per heavy atom. The maximum absolute atomic E-state index is 9.47. The van der Waals surface area contributed by atoms with Crippen LogP contribution in [0.5, 0.6) is 11.6 Å². The zero-order valence-electron chi connectivity index (χ0n) is 53.2. The number of nitrogens with zero attached hydrogens (tertiary/aromatic N) is 5. The topological polar surface area (TPSA) is 38.5 Å². The molecule has 1 aliphatic heterocycles. The quantitative estimate of drug-likeness (QED) is 0.114. The molecule has 0 saturated carbocycles. The van der Waals surface area contributed by atoms with E-state index in [1.54, 1.807) is 18.2 Å². The number of ether oxygens (including phenoxy) is 1. The van der Waals surface area contributed by atoms with Gasteiger partial charge in [-0.1, -0.05) is 60.7 Å². The first-order valence-corrected chi connectivity index (χ1v) is 26.9. The molecule has 0 atom stereocenters. The monoisotopic (exact) mass is 1190 g/mol. The minimum atomic E-state index is -2.62. The number of rotatable bonds is 12. The number of anilines is 4. The second kappa shape index (κ2) is 20.7. The molecule has 0 fully saturated rings. The van der Waals surface area contributed by atoms with Gasteiger partial charge < -0.3 is 0 Å². The second-order valence-electron chi connectivity index (χ2n) is 20.5. The van der Waals surface area contributed by atoms with Crippen LogP contribution < -0.4 is 19.8 Å². The Bertz CT molecular complexity index is 4500. The molecule has 0 aliphatic carbocycles. The summed E-state index contributed by atoms with van der Waals surface area (Å²) in [5, 5.41) is 0. The summed E-state index contributed by atoms with van der Waals surface area (Å²) in [4.78, 5) is 9.54. The molecule has 1 aliphatic rings. The number of para-hydroxylation sites is 6. The summed E-state index contributed by atoms with van der Waals surface area (Å²) in [6, 6.07) is 63.9. The van der Waals surface area contributed by atoms with Gasteiger partial charge in [-0.15, -0.1) is 0 Å². The molecule has 0 unspecified atom stereocenters. The van der Waals surface area contributed by atoms with Crippen LogP contribution in [0.25, 0.3) is 55.8 Å². The van der Waals surface area contributed by atoms with Crippen LogP contribution in [0.1, 0.15) is 65.0 Å². The summed E-state index contributed by atoms with van der Waals surface area (Å²) in [5.74, 6) is 0.142. The predicted molar refractivity (Wildman–Crippen MR) is 317 cm³/mol. The first kappa shape index (κ1) is 39.2. The number of hydrogen-bond acceptors (Lipinski definition) is 4. The molecule has 2 aromatic heterocycles. The van der Waals surface area contributed by atoms with Crippen LogP contribution in [0.4, 0.5) is 22.9 Å². The van der Waals surface area contributed by atoms with E-state index in [4.69, 9.17) is 17.9 Å². The van der Waals surface area contributed by atoms with Crippen molar-refractivity contribution < 1.29 is 37.8 Å². The molecule has 3 heterocycles. The molecule has 0 radical (unpaired) electrons. The average Bonchev–Trinajstić information content (AvgIpc) is 1.79. The molecular weight excluding hydrogens is 1120 g/mol. The van der Waals surface area contributed by atoms with Crippen molar-refractivity contribution in [2.45, 2.75) is 53.3 Å². The van der Waals surface area contributed by atoms with Crippen molar-refractivity contribution in [3.05, 3.63) is 257 Å². The fraction of sp³-hybridized carbons (Fsp3) is 0.130. The van der Waals surface area contributed by atoms with Crippen LogP contribution in [0.15, 0.2) is 236 Å². The first-order chi connectivity index (χ1) is 41.5. The van der Waals surface area contributed by atoms with Crippen LogP contribution in [0.2, 0.25) is 0 Å². The number of hydrogen-bond donors (Lipinski definition) is 0. The van der Waals surface area contributed by atoms with E-state index in [1.807, 2.05) is 176 Å². The van der Waals surface area contributed by atoms with Gasteiger partial charge >= 0.3 is 396 Å². The van der Waals surface area contributed by atoms with Crippen LogP contribution in [-0.4, -0.2) is 21.1 Å². The molecule has 0 bridgehead atoms. The normalized spacial score (nSPS) is 14.7. The van der Waals surface area contributed by atoms with Crippen molar-refractivity contribution in [1.29, 1.82) is 0 Å². The fourth-order valence-electron chi connectivity index (χ4n) is 10.5. The number of benzene rings is 9. The van der Waals surface area contributed by atoms with E-state index in [0.29, 0.717) is 43.3 Å². The standard InChI is InChI=1S/C69H60BN5O.Pt/c1-48(2)43-52-25-16-17-30-57(52)60-42-41-56(72-47-73(62-34-19-18-33-61(62)72)68-58(50-23-10-7-11-24-50)31-22-32-59(68)51-37-39-53(40-38-51)69(4,5)6)46-65(60)76-67-45-49(3)44-66(71-67)75-64-36-21-20-35-63(64)74(55-28-14-9-15-29-55)70(75)54-26-12-8-13-27-54;/h7-42,44-46,48H,43H2,1-6H3;/i3D3,7D,10D,11D,23D,24D,43D2;. The van der Waals surface area contributed by atoms with Gasteiger partial charge in [-0.3, -0.25) is 0 Å². The Hall–Kier alpha value is -8.25. The van der Waals surface area contributed by atoms with Gasteiger partial charge in [-0.05, 0) is 18.2 Å². The van der Waals surface area contributed by atoms with E-state index >= 15 is 0 Å². The summed E-state index contributed by atoms with van der Waals surface area (Å²) in [5.41, 5.74) is 10.8. The van der Waals surface area contributed by atoms with Gasteiger partial charge in [0.15, 0.2) is 0 Å². The molecular formula is C69H60BN5OPt. The van der Waals surface area contributed by atoms with Crippen molar-refractivity contribution in [2.75, 3.05) is 9.62 Å². The molecule has 77 heavy (non-hydrogen) atoms. The third-order valence-corrected chi connectivity index (χ3v) is 15.0. The van der Waals surface area contributed by atoms with Crippen molar-refractivity contribution >= 4 is 46.4 Å². The molecule has 6 nitrogen and oxygen atoms in total. The fourth-order valence-corrected chi connectivity index (χ4v) is 11.6. The number of aryl methyl sites for hydroxylation is 1. The SMILES string of the molecule is [2H]c1c([2H])c([2H])c(-c2cccc(-c3ccc(C(C)(C)C)cc3)c2-n2[c](=[Pt])n(-c3ccc(-c4ccccc4C([2H])([2H])C(C)C)c(Oc4cc(C([2H])([2H])[2H])cc(N5B(c6ccccc6)N(c6ccccc6)c6ccccc65)n4)c3)c3ccccc32)c([2H])c1[2H]. The summed E-state index contributed by atoms with van der Waals surface area (Å²) in [6.07, 6.45) is -1.80. The van der Waals surface area contributed by atoms with Gasteiger partial charge in [-0.25, -0.2) is 0 Å². The zero-order chi connectivity index (χ0) is 61.4. The Labute approximate surface area is 478 Å². The number of aromatic nitrogens is 3. The molecule has 0 N–H and O–H groups in total. The van der Waals surface area contributed by atoms with Gasteiger partial charge in [0.25, 0.3) is 0 Å². The van der Waals surface area contributed by atoms with Gasteiger partial charge in [0.1, 0.15) is 0 Å². The molecule has 0 spiro atoms. The Morgan fingerprint density at radius 1 is 0.597 bits per heavy atom. The summed E-state index contributed by atoms with van der Waals surface area (Å²) in [7, 11) is 0. The molecule has 11 aromatic rings. The Kier molecular flexibility index (Phi) is 10.5. The summed E-state index contributed by atoms with van der Waals surface area (Å²) < 4.78 is 102. The van der Waals surface area contributed by atoms with Crippen molar-refractivity contribution in [3.8, 4) is 56.4 Å². The maximum atomic E-state index is 9.47. The molecule has 8 heteroatoms. The zero-order valence-corrected chi connectivity index (χ0v) is 45.5. The third-order valence-electron chi connectivity index (χ3n) is 14.0. The molecule has 0 amide bonds. The summed E-state index contributed by atoms with van der Waals surface area (Å²) in [6.45, 7) is 7.01. The Morgan fingerprint density at radius 3 is 1.92 bits per heavy atom. The average molecular weight is 1190 g/mol. The van der Waals surface area contributed by atoms with Crippen LogP contribution in [-0.2, 0) is 31.1 Å². The molecule has 0 saturated heterocycles. The van der Waals surface area contributed by atoms with Crippen LogP contribution >= 0.6 is 0 Å². The minimum absolute atomic E-state index is 0.00656. The number of imidazole rings is 1. The van der Waals surface area contributed by atoms with E-state index < -0.39 is 44.3 Å². The molecule has 9 aromatic carbocycles. The van der Waals surface area contributed by atoms with Crippen molar-refractivity contribution in [2.24, 2.45) is 5.92 Å². The van der Waals surface area contributed by atoms with Crippen molar-refractivity contribution in [3.63, 3.8) is 0 Å². The van der Waals surface area contributed by atoms with E-state index in [9.17, 15) is 5.48 Å². The van der Waals surface area contributed by atoms with Crippen LogP contribution in [0, 0.1) is 16.6 Å². The third kappa shape index (κ3) is 9.48. The van der Waals surface area contributed by atoms with E-state index in [2.05, 4.69) is 78.3 Å². The number of pyridine rings is 1. The van der Waals surface area contributed by atoms with Gasteiger partial charge in [0.2, 0.25) is 0 Å². The van der Waals surface area contributed by atoms with E-state index in [1.165, 1.54) is 6.07 Å². The first-order valence-electron chi connectivity index (χ1n) is 30.8. The second-order valence-corrected chi connectivity index (χ2v) is 21.5. The molecule has 12 rings (SSSR count). The van der Waals surface area contributed by atoms with E-state index in [0.717, 1.165) is 50.2 Å². The predicted octanol–water partition coefficient (Wildman–Crippen LogP) is 17.2. The van der Waals surface area contributed by atoms with Crippen molar-refractivity contribution in [1.82, 2.24) is 14.1 Å². The van der Waals surface area contributed by atoms with Gasteiger partial charge in [-0.2, -0.15) is 0 Å². The van der Waals surface area contributed by atoms with E-state index in [-0.39, 0.29) is 40.3 Å². The number of fused-ring (bicyclic) bond motifs is 2. The van der Waals surface area contributed by atoms with Crippen LogP contribution in [0.3, 0.4) is 0 Å². The Balaban J connectivity index is 1.10. The molecule has 380 valence electrons. The van der Waals surface area contributed by atoms with Gasteiger partial charge in [0, 0.05) is 5.69 Å². The van der Waals surface area contributed by atoms with Gasteiger partial charge in [0.05, 0.1) is 0 Å².